The van der Waals surface area contributed by atoms with Crippen LogP contribution in [-0.2, 0) is 0 Å². The number of hydrogen-bond acceptors (Lipinski definition) is 4. The molecule has 1 atom stereocenters. The van der Waals surface area contributed by atoms with E-state index in [0.717, 1.165) is 12.5 Å². The van der Waals surface area contributed by atoms with Crippen LogP contribution in [0.15, 0.2) is 24.4 Å². The first-order valence-corrected chi connectivity index (χ1v) is 6.44. The van der Waals surface area contributed by atoms with Crippen LogP contribution in [0.2, 0.25) is 0 Å². The molecule has 1 unspecified atom stereocenters. The van der Waals surface area contributed by atoms with Crippen molar-refractivity contribution in [2.75, 3.05) is 0 Å². The Morgan fingerprint density at radius 1 is 1.53 bits per heavy atom. The van der Waals surface area contributed by atoms with Gasteiger partial charge in [-0.25, -0.2) is 9.07 Å². The second kappa shape index (κ2) is 5.43. The molecule has 6 nitrogen and oxygen atoms in total. The predicted molar refractivity (Wildman–Crippen MR) is 69.9 cm³/mol. The average molecular weight is 329 g/mol. The van der Waals surface area contributed by atoms with Crippen LogP contribution >= 0.6 is 15.9 Å². The van der Waals surface area contributed by atoms with E-state index in [1.54, 1.807) is 6.20 Å². The summed E-state index contributed by atoms with van der Waals surface area (Å²) in [6, 6.07) is 3.28. The van der Waals surface area contributed by atoms with Gasteiger partial charge in [-0.15, -0.1) is 5.10 Å². The minimum Gasteiger partial charge on any atom is -0.258 e. The standard InChI is InChI=1S/C11H10BrFN4O2/c1-2-10(12)11-6-16(15-14-11)8-3-7(13)4-9(5-8)17(18)19/h3-6,10H,2H2,1H3. The normalized spacial score (nSPS) is 12.4. The minimum absolute atomic E-state index is 0.0461. The van der Waals surface area contributed by atoms with Crippen molar-refractivity contribution in [1.29, 1.82) is 0 Å². The van der Waals surface area contributed by atoms with Crippen molar-refractivity contribution in [2.45, 2.75) is 18.2 Å². The molecule has 0 saturated heterocycles. The molecular weight excluding hydrogens is 319 g/mol. The molecule has 0 radical (unpaired) electrons. The van der Waals surface area contributed by atoms with E-state index in [0.29, 0.717) is 5.69 Å². The number of non-ortho nitro benzene ring substituents is 1. The Morgan fingerprint density at radius 3 is 2.89 bits per heavy atom. The number of nitro benzene ring substituents is 1. The molecule has 0 spiro atoms. The van der Waals surface area contributed by atoms with Crippen LogP contribution in [-0.4, -0.2) is 19.9 Å². The minimum atomic E-state index is -0.688. The summed E-state index contributed by atoms with van der Waals surface area (Å²) in [5.74, 6) is -0.688. The van der Waals surface area contributed by atoms with Crippen molar-refractivity contribution in [1.82, 2.24) is 15.0 Å². The third kappa shape index (κ3) is 2.95. The highest BCUT2D eigenvalue weighted by Crippen LogP contribution is 2.25. The summed E-state index contributed by atoms with van der Waals surface area (Å²) in [7, 11) is 0. The lowest BCUT2D eigenvalue weighted by Gasteiger charge is -2.01. The molecule has 0 amide bonds. The van der Waals surface area contributed by atoms with Crippen LogP contribution in [0.4, 0.5) is 10.1 Å². The van der Waals surface area contributed by atoms with Crippen molar-refractivity contribution in [3.63, 3.8) is 0 Å². The van der Waals surface area contributed by atoms with Crippen LogP contribution in [0.3, 0.4) is 0 Å². The van der Waals surface area contributed by atoms with E-state index in [9.17, 15) is 14.5 Å². The molecule has 19 heavy (non-hydrogen) atoms. The molecule has 0 N–H and O–H groups in total. The van der Waals surface area contributed by atoms with E-state index < -0.39 is 10.7 Å². The summed E-state index contributed by atoms with van der Waals surface area (Å²) in [6.07, 6.45) is 2.43. The summed E-state index contributed by atoms with van der Waals surface area (Å²) in [6.45, 7) is 1.98. The molecule has 2 rings (SSSR count). The van der Waals surface area contributed by atoms with E-state index in [1.807, 2.05) is 6.92 Å². The zero-order chi connectivity index (χ0) is 14.0. The predicted octanol–water partition coefficient (Wildman–Crippen LogP) is 3.16. The van der Waals surface area contributed by atoms with Gasteiger partial charge in [0, 0.05) is 12.1 Å². The highest BCUT2D eigenvalue weighted by molar-refractivity contribution is 9.09. The maximum Gasteiger partial charge on any atom is 0.274 e. The molecule has 0 aliphatic carbocycles. The fourth-order valence-electron chi connectivity index (χ4n) is 1.55. The molecule has 0 fully saturated rings. The lowest BCUT2D eigenvalue weighted by atomic mass is 10.2. The van der Waals surface area contributed by atoms with Gasteiger partial charge in [-0.1, -0.05) is 28.1 Å². The number of rotatable bonds is 4. The van der Waals surface area contributed by atoms with Crippen LogP contribution < -0.4 is 0 Å². The number of halogens is 2. The lowest BCUT2D eigenvalue weighted by molar-refractivity contribution is -0.385. The highest BCUT2D eigenvalue weighted by atomic mass is 79.9. The van der Waals surface area contributed by atoms with Gasteiger partial charge >= 0.3 is 0 Å². The highest BCUT2D eigenvalue weighted by Gasteiger charge is 2.14. The third-order valence-electron chi connectivity index (χ3n) is 2.53. The molecular formula is C11H10BrFN4O2. The van der Waals surface area contributed by atoms with Crippen LogP contribution in [0.25, 0.3) is 5.69 Å². The fourth-order valence-corrected chi connectivity index (χ4v) is 1.76. The number of nitro groups is 1. The van der Waals surface area contributed by atoms with Gasteiger partial charge in [0.05, 0.1) is 33.4 Å². The average Bonchev–Trinajstić information content (AvgIpc) is 2.86. The van der Waals surface area contributed by atoms with E-state index in [-0.39, 0.29) is 16.2 Å². The van der Waals surface area contributed by atoms with Gasteiger partial charge in [-0.05, 0) is 6.42 Å². The summed E-state index contributed by atoms with van der Waals surface area (Å²) < 4.78 is 14.6. The zero-order valence-electron chi connectivity index (χ0n) is 9.96. The van der Waals surface area contributed by atoms with Gasteiger partial charge in [0.1, 0.15) is 5.82 Å². The van der Waals surface area contributed by atoms with E-state index >= 15 is 0 Å². The van der Waals surface area contributed by atoms with Crippen molar-refractivity contribution in [2.24, 2.45) is 0 Å². The van der Waals surface area contributed by atoms with Crippen LogP contribution in [0, 0.1) is 15.9 Å². The van der Waals surface area contributed by atoms with E-state index in [4.69, 9.17) is 0 Å². The van der Waals surface area contributed by atoms with Crippen molar-refractivity contribution >= 4 is 21.6 Å². The summed E-state index contributed by atoms with van der Waals surface area (Å²) in [5.41, 5.74) is 0.633. The monoisotopic (exact) mass is 328 g/mol. The SMILES string of the molecule is CCC(Br)c1cn(-c2cc(F)cc([N+](=O)[O-])c2)nn1. The molecule has 0 saturated carbocycles. The van der Waals surface area contributed by atoms with Crippen LogP contribution in [0.1, 0.15) is 23.9 Å². The second-order valence-corrected chi connectivity index (χ2v) is 4.99. The maximum absolute atomic E-state index is 13.3. The van der Waals surface area contributed by atoms with E-state index in [2.05, 4.69) is 26.2 Å². The molecule has 0 aliphatic heterocycles. The Morgan fingerprint density at radius 2 is 2.26 bits per heavy atom. The zero-order valence-corrected chi connectivity index (χ0v) is 11.5. The third-order valence-corrected chi connectivity index (χ3v) is 3.65. The van der Waals surface area contributed by atoms with Gasteiger partial charge in [-0.2, -0.15) is 0 Å². The number of aromatic nitrogens is 3. The second-order valence-electron chi connectivity index (χ2n) is 3.89. The van der Waals surface area contributed by atoms with Gasteiger partial charge in [0.15, 0.2) is 0 Å². The number of hydrogen-bond donors (Lipinski definition) is 0. The number of alkyl halides is 1. The summed E-state index contributed by atoms with van der Waals surface area (Å²) >= 11 is 3.42. The van der Waals surface area contributed by atoms with Crippen molar-refractivity contribution in [3.8, 4) is 5.69 Å². The molecule has 1 heterocycles. The summed E-state index contributed by atoms with van der Waals surface area (Å²) in [5, 5.41) is 18.5. The molecule has 1 aromatic heterocycles. The molecule has 0 aliphatic rings. The Bertz CT molecular complexity index is 616. The smallest absolute Gasteiger partial charge is 0.258 e. The largest absolute Gasteiger partial charge is 0.274 e. The Labute approximate surface area is 116 Å². The first kappa shape index (κ1) is 13.6. The van der Waals surface area contributed by atoms with Gasteiger partial charge in [-0.3, -0.25) is 10.1 Å². The Hall–Kier alpha value is -1.83. The maximum atomic E-state index is 13.3. The molecule has 100 valence electrons. The molecule has 1 aromatic carbocycles. The van der Waals surface area contributed by atoms with E-state index in [1.165, 1.54) is 16.8 Å². The van der Waals surface area contributed by atoms with Gasteiger partial charge < -0.3 is 0 Å². The molecule has 2 aromatic rings. The van der Waals surface area contributed by atoms with Crippen molar-refractivity contribution in [3.05, 3.63) is 46.0 Å². The Kier molecular flexibility index (Phi) is 3.89. The summed E-state index contributed by atoms with van der Waals surface area (Å²) in [4.78, 5) is 10.1. The van der Waals surface area contributed by atoms with Crippen molar-refractivity contribution < 1.29 is 9.31 Å². The van der Waals surface area contributed by atoms with Crippen LogP contribution in [0.5, 0.6) is 0 Å². The number of nitrogens with zero attached hydrogens (tertiary/aromatic N) is 4. The molecule has 8 heteroatoms. The van der Waals surface area contributed by atoms with Gasteiger partial charge in [0.2, 0.25) is 0 Å². The fraction of sp³-hybridized carbons (Fsp3) is 0.273. The Balaban J connectivity index is 2.41. The lowest BCUT2D eigenvalue weighted by Crippen LogP contribution is -1.98. The first-order chi connectivity index (χ1) is 9.01. The number of benzene rings is 1. The molecule has 0 bridgehead atoms. The first-order valence-electron chi connectivity index (χ1n) is 5.53. The quantitative estimate of drug-likeness (QED) is 0.491. The van der Waals surface area contributed by atoms with Gasteiger partial charge in [0.25, 0.3) is 5.69 Å². The topological polar surface area (TPSA) is 73.8 Å².